The largest absolute Gasteiger partial charge is 0.492 e. The first-order valence-electron chi connectivity index (χ1n) is 17.3. The van der Waals surface area contributed by atoms with Crippen LogP contribution in [0.4, 0.5) is 0 Å². The monoisotopic (exact) mass is 615 g/mol. The van der Waals surface area contributed by atoms with Crippen LogP contribution in [-0.4, -0.2) is 59.5 Å². The highest BCUT2D eigenvalue weighted by molar-refractivity contribution is 5.94. The fourth-order valence-corrected chi connectivity index (χ4v) is 9.69. The second-order valence-corrected chi connectivity index (χ2v) is 14.3. The summed E-state index contributed by atoms with van der Waals surface area (Å²) < 4.78 is 17.8. The number of rotatable bonds is 7. The molecule has 8 atom stereocenters. The molecule has 3 fully saturated rings. The Kier molecular flexibility index (Phi) is 8.95. The molecule has 2 saturated heterocycles. The van der Waals surface area contributed by atoms with Gasteiger partial charge >= 0.3 is 5.97 Å². The molecule has 2 N–H and O–H groups in total. The number of fused-ring (bicyclic) bond motifs is 3. The molecular weight excluding hydrogens is 566 g/mol. The maximum absolute atomic E-state index is 12.6. The third-order valence-corrected chi connectivity index (χ3v) is 11.8. The number of esters is 1. The summed E-state index contributed by atoms with van der Waals surface area (Å²) >= 11 is 0. The summed E-state index contributed by atoms with van der Waals surface area (Å²) in [5, 5.41) is 22.1. The highest BCUT2D eigenvalue weighted by Crippen LogP contribution is 2.51. The molecule has 0 aromatic heterocycles. The van der Waals surface area contributed by atoms with Gasteiger partial charge in [-0.15, -0.1) is 0 Å². The summed E-state index contributed by atoms with van der Waals surface area (Å²) in [7, 11) is 1.49. The topological polar surface area (TPSA) is 88.5 Å². The Labute approximate surface area is 267 Å². The van der Waals surface area contributed by atoms with Gasteiger partial charge < -0.3 is 24.4 Å². The Balaban J connectivity index is 1.20. The molecule has 0 unspecified atom stereocenters. The van der Waals surface area contributed by atoms with Gasteiger partial charge in [0, 0.05) is 36.4 Å². The second-order valence-electron chi connectivity index (χ2n) is 14.3. The number of allylic oxidation sites excluding steroid dienone is 2. The van der Waals surface area contributed by atoms with Gasteiger partial charge in [-0.2, -0.15) is 0 Å². The van der Waals surface area contributed by atoms with Gasteiger partial charge in [-0.05, 0) is 67.9 Å². The van der Waals surface area contributed by atoms with Crippen LogP contribution in [0, 0.1) is 35.5 Å². The third kappa shape index (κ3) is 5.81. The van der Waals surface area contributed by atoms with E-state index in [1.807, 2.05) is 0 Å². The molecule has 6 aliphatic rings. The minimum atomic E-state index is -0.587. The maximum atomic E-state index is 12.6. The van der Waals surface area contributed by atoms with Crippen molar-refractivity contribution >= 4 is 5.97 Å². The van der Waals surface area contributed by atoms with E-state index in [0.29, 0.717) is 17.6 Å². The van der Waals surface area contributed by atoms with E-state index in [-0.39, 0.29) is 46.9 Å². The van der Waals surface area contributed by atoms with Crippen molar-refractivity contribution in [2.24, 2.45) is 35.5 Å². The lowest BCUT2D eigenvalue weighted by Crippen LogP contribution is -2.58. The first-order chi connectivity index (χ1) is 22.0. The predicted molar refractivity (Wildman–Crippen MR) is 171 cm³/mol. The molecular formula is C38H49NO6. The molecule has 2 aliphatic carbocycles. The van der Waals surface area contributed by atoms with Crippen molar-refractivity contribution in [2.45, 2.75) is 89.3 Å². The van der Waals surface area contributed by atoms with Crippen LogP contribution < -0.4 is 0 Å². The minimum absolute atomic E-state index is 0.0609. The predicted octanol–water partition coefficient (Wildman–Crippen LogP) is 6.04. The summed E-state index contributed by atoms with van der Waals surface area (Å²) in [6.45, 7) is 2.59. The number of aliphatic hydroxyl groups excluding tert-OH is 2. The molecule has 1 aromatic carbocycles. The number of hydrogen-bond acceptors (Lipinski definition) is 7. The van der Waals surface area contributed by atoms with Crippen molar-refractivity contribution in [1.82, 2.24) is 4.90 Å². The standard InChI is InChI=1S/C38H49NO6/c1-23-33-30-19-25(18-24-10-4-3-5-11-24)20-31(34(41)28-15-8-14-27(21-28)26-12-6-7-13-26)39(30)17-9-16-32(33)44-35(23)37-36(43-2)29(22-40)38(42)45-37/h3-5,8,10-11,15-16,23,25-28,30-31,33-34,40-41H,6-7,9,12-14,17-22H2,1-2H3/t23-,25+,27-,28+,30-,31+,33+,34+/m1/s1. The smallest absolute Gasteiger partial charge is 0.345 e. The molecule has 0 amide bonds. The Morgan fingerprint density at radius 2 is 1.87 bits per heavy atom. The summed E-state index contributed by atoms with van der Waals surface area (Å²) in [5.74, 6) is 3.58. The molecule has 7 rings (SSSR count). The number of hydrogen-bond donors (Lipinski definition) is 2. The van der Waals surface area contributed by atoms with Crippen LogP contribution in [-0.2, 0) is 25.4 Å². The van der Waals surface area contributed by atoms with Crippen molar-refractivity contribution in [3.05, 3.63) is 82.7 Å². The normalized spacial score (nSPS) is 36.2. The molecule has 7 nitrogen and oxygen atoms in total. The molecule has 4 aliphatic heterocycles. The van der Waals surface area contributed by atoms with Crippen LogP contribution in [0.25, 0.3) is 0 Å². The van der Waals surface area contributed by atoms with Crippen LogP contribution in [0.2, 0.25) is 0 Å². The number of carbonyl (C=O) groups excluding carboxylic acids is 1. The Morgan fingerprint density at radius 1 is 1.07 bits per heavy atom. The molecule has 0 spiro atoms. The number of methoxy groups -OCH3 is 1. The first-order valence-corrected chi connectivity index (χ1v) is 17.3. The lowest BCUT2D eigenvalue weighted by molar-refractivity contribution is -0.133. The van der Waals surface area contributed by atoms with Gasteiger partial charge in [0.25, 0.3) is 0 Å². The number of carbonyl (C=O) groups is 1. The molecule has 0 radical (unpaired) electrons. The van der Waals surface area contributed by atoms with Gasteiger partial charge in [-0.3, -0.25) is 4.90 Å². The summed E-state index contributed by atoms with van der Waals surface area (Å²) in [5.41, 5.74) is 1.47. The highest BCUT2D eigenvalue weighted by atomic mass is 16.6. The van der Waals surface area contributed by atoms with Crippen molar-refractivity contribution in [1.29, 1.82) is 0 Å². The lowest BCUT2D eigenvalue weighted by Gasteiger charge is -2.50. The molecule has 1 aromatic rings. The van der Waals surface area contributed by atoms with E-state index in [1.54, 1.807) is 0 Å². The van der Waals surface area contributed by atoms with E-state index in [4.69, 9.17) is 14.2 Å². The fourth-order valence-electron chi connectivity index (χ4n) is 9.69. The van der Waals surface area contributed by atoms with Crippen LogP contribution in [0.1, 0.15) is 70.3 Å². The van der Waals surface area contributed by atoms with Gasteiger partial charge in [-0.25, -0.2) is 4.79 Å². The van der Waals surface area contributed by atoms with Crippen LogP contribution in [0.5, 0.6) is 0 Å². The van der Waals surface area contributed by atoms with Crippen LogP contribution in [0.15, 0.2) is 77.2 Å². The second kappa shape index (κ2) is 13.1. The molecule has 4 heterocycles. The molecule has 242 valence electrons. The number of aliphatic hydroxyl groups is 2. The van der Waals surface area contributed by atoms with Crippen molar-refractivity contribution < 1.29 is 29.2 Å². The zero-order valence-electron chi connectivity index (χ0n) is 26.8. The Morgan fingerprint density at radius 3 is 2.62 bits per heavy atom. The van der Waals surface area contributed by atoms with Crippen molar-refractivity contribution in [3.8, 4) is 0 Å². The molecule has 1 saturated carbocycles. The zero-order chi connectivity index (χ0) is 31.1. The van der Waals surface area contributed by atoms with Crippen molar-refractivity contribution in [2.75, 3.05) is 20.3 Å². The van der Waals surface area contributed by atoms with Gasteiger partial charge in [0.2, 0.25) is 5.76 Å². The van der Waals surface area contributed by atoms with E-state index in [1.165, 1.54) is 38.4 Å². The van der Waals surface area contributed by atoms with Gasteiger partial charge in [0.05, 0.1) is 19.8 Å². The average molecular weight is 616 g/mol. The summed E-state index contributed by atoms with van der Waals surface area (Å²) in [6, 6.07) is 11.0. The fraction of sp³-hybridized carbons (Fsp3) is 0.605. The van der Waals surface area contributed by atoms with Crippen LogP contribution >= 0.6 is 0 Å². The number of nitrogens with zero attached hydrogens (tertiary/aromatic N) is 1. The zero-order valence-corrected chi connectivity index (χ0v) is 26.8. The van der Waals surface area contributed by atoms with Crippen LogP contribution in [0.3, 0.4) is 0 Å². The van der Waals surface area contributed by atoms with Gasteiger partial charge in [-0.1, -0.05) is 75.1 Å². The van der Waals surface area contributed by atoms with E-state index in [2.05, 4.69) is 60.4 Å². The maximum Gasteiger partial charge on any atom is 0.345 e. The number of cyclic esters (lactones) is 1. The van der Waals surface area contributed by atoms with E-state index < -0.39 is 18.7 Å². The van der Waals surface area contributed by atoms with Gasteiger partial charge in [0.15, 0.2) is 11.5 Å². The number of benzene rings is 1. The Hall–Kier alpha value is -2.87. The molecule has 7 heteroatoms. The average Bonchev–Trinajstić information content (AvgIpc) is 3.76. The SMILES string of the molecule is COC1=C(CO)C(=O)OC1=C1OC2=CCCN3[C@H](C[C@H](Cc4ccccc4)C[C@H]3[C@@H](O)[C@H]3C=CC[C@@H](C4CCCC4)C3)[C@@H]2[C@H]1C. The minimum Gasteiger partial charge on any atom is -0.492 e. The van der Waals surface area contributed by atoms with E-state index >= 15 is 0 Å². The number of ether oxygens (including phenoxy) is 3. The summed E-state index contributed by atoms with van der Waals surface area (Å²) in [4.78, 5) is 15.2. The first kappa shape index (κ1) is 30.8. The van der Waals surface area contributed by atoms with Crippen molar-refractivity contribution in [3.63, 3.8) is 0 Å². The van der Waals surface area contributed by atoms with Gasteiger partial charge in [0.1, 0.15) is 11.3 Å². The molecule has 0 bridgehead atoms. The lowest BCUT2D eigenvalue weighted by atomic mass is 9.70. The highest BCUT2D eigenvalue weighted by Gasteiger charge is 2.52. The molecule has 45 heavy (non-hydrogen) atoms. The van der Waals surface area contributed by atoms with E-state index in [0.717, 1.165) is 56.7 Å². The Bertz CT molecular complexity index is 1370. The number of piperidine rings is 1. The summed E-state index contributed by atoms with van der Waals surface area (Å²) in [6.07, 6.45) is 17.9. The quantitative estimate of drug-likeness (QED) is 0.286. The third-order valence-electron chi connectivity index (χ3n) is 11.8. The van der Waals surface area contributed by atoms with E-state index in [9.17, 15) is 15.0 Å².